The minimum atomic E-state index is -3.68. The molecule has 0 bridgehead atoms. The first-order chi connectivity index (χ1) is 9.03. The van der Waals surface area contributed by atoms with Gasteiger partial charge in [-0.25, -0.2) is 17.9 Å². The van der Waals surface area contributed by atoms with Crippen LogP contribution in [0.2, 0.25) is 0 Å². The zero-order chi connectivity index (χ0) is 15.6. The third-order valence-electron chi connectivity index (χ3n) is 2.89. The van der Waals surface area contributed by atoms with Gasteiger partial charge >= 0.3 is 5.97 Å². The molecule has 0 spiro atoms. The average molecular weight is 299 g/mol. The molecule has 1 rings (SSSR count). The van der Waals surface area contributed by atoms with Crippen molar-refractivity contribution in [2.45, 2.75) is 39.0 Å². The molecule has 0 amide bonds. The molecule has 6 heteroatoms. The molecule has 0 aliphatic carbocycles. The summed E-state index contributed by atoms with van der Waals surface area (Å²) in [5, 5.41) is 8.93. The molecule has 0 unspecified atom stereocenters. The van der Waals surface area contributed by atoms with Crippen molar-refractivity contribution in [3.05, 3.63) is 29.3 Å². The van der Waals surface area contributed by atoms with Crippen molar-refractivity contribution in [3.63, 3.8) is 0 Å². The van der Waals surface area contributed by atoms with E-state index in [-0.39, 0.29) is 15.9 Å². The van der Waals surface area contributed by atoms with Crippen molar-refractivity contribution in [3.8, 4) is 0 Å². The summed E-state index contributed by atoms with van der Waals surface area (Å²) in [6.45, 7) is 8.04. The Morgan fingerprint density at radius 1 is 1.30 bits per heavy atom. The number of carbonyl (C=O) groups is 1. The molecule has 0 atom stereocenters. The fourth-order valence-corrected chi connectivity index (χ4v) is 2.96. The molecule has 0 saturated carbocycles. The van der Waals surface area contributed by atoms with Crippen LogP contribution in [0.25, 0.3) is 0 Å². The van der Waals surface area contributed by atoms with Crippen LogP contribution >= 0.6 is 0 Å². The lowest BCUT2D eigenvalue weighted by Gasteiger charge is -2.18. The second kappa shape index (κ2) is 5.93. The standard InChI is InChI=1S/C14H21NO4S/c1-10-5-6-11(13(16)17)9-12(10)20(18,19)15-8-7-14(2,3)4/h5-6,9,15H,7-8H2,1-4H3,(H,16,17). The van der Waals surface area contributed by atoms with Gasteiger partial charge in [0, 0.05) is 6.54 Å². The fraction of sp³-hybridized carbons (Fsp3) is 0.500. The SMILES string of the molecule is Cc1ccc(C(=O)O)cc1S(=O)(=O)NCCC(C)(C)C. The van der Waals surface area contributed by atoms with Crippen LogP contribution in [0.3, 0.4) is 0 Å². The van der Waals surface area contributed by atoms with E-state index < -0.39 is 16.0 Å². The minimum Gasteiger partial charge on any atom is -0.478 e. The van der Waals surface area contributed by atoms with E-state index in [2.05, 4.69) is 4.72 Å². The van der Waals surface area contributed by atoms with Gasteiger partial charge in [-0.15, -0.1) is 0 Å². The summed E-state index contributed by atoms with van der Waals surface area (Å²) in [5.74, 6) is -1.14. The topological polar surface area (TPSA) is 83.5 Å². The molecule has 0 saturated heterocycles. The Morgan fingerprint density at radius 2 is 1.90 bits per heavy atom. The third kappa shape index (κ3) is 4.61. The fourth-order valence-electron chi connectivity index (χ4n) is 1.66. The first kappa shape index (κ1) is 16.7. The van der Waals surface area contributed by atoms with Crippen LogP contribution in [0.5, 0.6) is 0 Å². The lowest BCUT2D eigenvalue weighted by molar-refractivity contribution is 0.0696. The van der Waals surface area contributed by atoms with Gasteiger partial charge in [0.15, 0.2) is 0 Å². The van der Waals surface area contributed by atoms with Crippen molar-refractivity contribution >= 4 is 16.0 Å². The highest BCUT2D eigenvalue weighted by Gasteiger charge is 2.19. The average Bonchev–Trinajstić information content (AvgIpc) is 2.26. The van der Waals surface area contributed by atoms with Gasteiger partial charge < -0.3 is 5.11 Å². The number of hydrogen-bond acceptors (Lipinski definition) is 3. The number of carboxylic acids is 1. The molecule has 1 aromatic carbocycles. The van der Waals surface area contributed by atoms with Crippen LogP contribution in [0, 0.1) is 12.3 Å². The monoisotopic (exact) mass is 299 g/mol. The number of aryl methyl sites for hydroxylation is 1. The Bertz CT molecular complexity index is 600. The Hall–Kier alpha value is -1.40. The molecule has 0 aromatic heterocycles. The molecule has 0 radical (unpaired) electrons. The highest BCUT2D eigenvalue weighted by Crippen LogP contribution is 2.20. The van der Waals surface area contributed by atoms with Gasteiger partial charge in [-0.3, -0.25) is 0 Å². The van der Waals surface area contributed by atoms with E-state index in [0.29, 0.717) is 18.5 Å². The summed E-state index contributed by atoms with van der Waals surface area (Å²) in [6.07, 6.45) is 0.698. The second-order valence-corrected chi connectivity index (χ2v) is 7.73. The van der Waals surface area contributed by atoms with E-state index in [0.717, 1.165) is 0 Å². The number of hydrogen-bond donors (Lipinski definition) is 2. The molecule has 5 nitrogen and oxygen atoms in total. The highest BCUT2D eigenvalue weighted by molar-refractivity contribution is 7.89. The summed E-state index contributed by atoms with van der Waals surface area (Å²) in [5.41, 5.74) is 0.519. The maximum atomic E-state index is 12.2. The van der Waals surface area contributed by atoms with Crippen LogP contribution in [-0.4, -0.2) is 26.0 Å². The Labute approximate surface area is 120 Å². The first-order valence-corrected chi connectivity index (χ1v) is 7.85. The van der Waals surface area contributed by atoms with E-state index in [1.54, 1.807) is 6.92 Å². The number of sulfonamides is 1. The zero-order valence-corrected chi connectivity index (χ0v) is 13.0. The minimum absolute atomic E-state index is 0.0197. The molecule has 1 aromatic rings. The smallest absolute Gasteiger partial charge is 0.335 e. The van der Waals surface area contributed by atoms with Crippen molar-refractivity contribution < 1.29 is 18.3 Å². The largest absolute Gasteiger partial charge is 0.478 e. The van der Waals surface area contributed by atoms with Gasteiger partial charge in [0.2, 0.25) is 10.0 Å². The lowest BCUT2D eigenvalue weighted by atomic mass is 9.93. The zero-order valence-electron chi connectivity index (χ0n) is 12.2. The number of aromatic carboxylic acids is 1. The Balaban J connectivity index is 2.97. The predicted octanol–water partition coefficient (Wildman–Crippen LogP) is 2.41. The van der Waals surface area contributed by atoms with Gasteiger partial charge in [-0.1, -0.05) is 26.8 Å². The number of rotatable bonds is 5. The maximum absolute atomic E-state index is 12.2. The lowest BCUT2D eigenvalue weighted by Crippen LogP contribution is -2.28. The van der Waals surface area contributed by atoms with Crippen molar-refractivity contribution in [2.24, 2.45) is 5.41 Å². The van der Waals surface area contributed by atoms with Crippen molar-refractivity contribution in [2.75, 3.05) is 6.54 Å². The maximum Gasteiger partial charge on any atom is 0.335 e. The van der Waals surface area contributed by atoms with Crippen LogP contribution < -0.4 is 4.72 Å². The predicted molar refractivity (Wildman–Crippen MR) is 77.4 cm³/mol. The van der Waals surface area contributed by atoms with Crippen molar-refractivity contribution in [1.29, 1.82) is 0 Å². The van der Waals surface area contributed by atoms with E-state index in [1.807, 2.05) is 20.8 Å². The van der Waals surface area contributed by atoms with Crippen molar-refractivity contribution in [1.82, 2.24) is 4.72 Å². The quantitative estimate of drug-likeness (QED) is 0.874. The van der Waals surface area contributed by atoms with E-state index in [9.17, 15) is 13.2 Å². The number of nitrogens with one attached hydrogen (secondary N) is 1. The third-order valence-corrected chi connectivity index (χ3v) is 4.49. The molecule has 20 heavy (non-hydrogen) atoms. The van der Waals surface area contributed by atoms with E-state index in [4.69, 9.17) is 5.11 Å². The van der Waals surface area contributed by atoms with Gasteiger partial charge in [0.05, 0.1) is 10.5 Å². The summed E-state index contributed by atoms with van der Waals surface area (Å²) in [6, 6.07) is 4.09. The second-order valence-electron chi connectivity index (χ2n) is 5.99. The molecule has 0 aliphatic heterocycles. The van der Waals surface area contributed by atoms with E-state index >= 15 is 0 Å². The molecule has 112 valence electrons. The van der Waals surface area contributed by atoms with Gasteiger partial charge in [0.1, 0.15) is 0 Å². The molecule has 0 aliphatic rings. The van der Waals surface area contributed by atoms with E-state index in [1.165, 1.54) is 18.2 Å². The summed E-state index contributed by atoms with van der Waals surface area (Å²) in [4.78, 5) is 10.9. The number of benzene rings is 1. The van der Waals surface area contributed by atoms with Crippen LogP contribution in [0.4, 0.5) is 0 Å². The molecule has 0 fully saturated rings. The molecular formula is C14H21NO4S. The summed E-state index contributed by atoms with van der Waals surface area (Å²) in [7, 11) is -3.68. The van der Waals surface area contributed by atoms with Crippen LogP contribution in [-0.2, 0) is 10.0 Å². The highest BCUT2D eigenvalue weighted by atomic mass is 32.2. The normalized spacial score (nSPS) is 12.4. The molecular weight excluding hydrogens is 278 g/mol. The Morgan fingerprint density at radius 3 is 2.40 bits per heavy atom. The Kier molecular flexibility index (Phi) is 4.94. The van der Waals surface area contributed by atoms with Crippen LogP contribution in [0.15, 0.2) is 23.1 Å². The molecule has 0 heterocycles. The summed E-state index contributed by atoms with van der Waals surface area (Å²) < 4.78 is 26.9. The first-order valence-electron chi connectivity index (χ1n) is 6.36. The molecule has 2 N–H and O–H groups in total. The number of carboxylic acid groups (broad SMARTS) is 1. The van der Waals surface area contributed by atoms with Gasteiger partial charge in [-0.05, 0) is 36.5 Å². The summed E-state index contributed by atoms with van der Waals surface area (Å²) >= 11 is 0. The van der Waals surface area contributed by atoms with Gasteiger partial charge in [-0.2, -0.15) is 0 Å². The van der Waals surface area contributed by atoms with Crippen LogP contribution in [0.1, 0.15) is 43.1 Å². The van der Waals surface area contributed by atoms with Gasteiger partial charge in [0.25, 0.3) is 0 Å².